The van der Waals surface area contributed by atoms with Gasteiger partial charge in [-0.05, 0) is 41.8 Å². The van der Waals surface area contributed by atoms with Crippen LogP contribution in [-0.4, -0.2) is 60.6 Å². The maximum atomic E-state index is 14.7. The number of nitrogens with zero attached hydrogens (tertiary/aromatic N) is 1. The van der Waals surface area contributed by atoms with Gasteiger partial charge in [0.1, 0.15) is 18.1 Å². The molecular formula is C25H23F8N3O5. The number of nitrogens with one attached hydrogen (secondary N) is 2. The van der Waals surface area contributed by atoms with Crippen LogP contribution in [0, 0.1) is 0 Å². The number of aliphatic hydroxyl groups excluding tert-OH is 1. The number of aromatic nitrogens is 1. The minimum atomic E-state index is -5.11. The van der Waals surface area contributed by atoms with Gasteiger partial charge in [0, 0.05) is 25.0 Å². The summed E-state index contributed by atoms with van der Waals surface area (Å²) in [5, 5.41) is 13.1. The number of alkyl halides is 8. The molecule has 2 aromatic rings. The van der Waals surface area contributed by atoms with Crippen LogP contribution < -0.4 is 20.1 Å². The molecule has 1 aromatic heterocycles. The Kier molecular flexibility index (Phi) is 9.78. The molecule has 0 saturated carbocycles. The third-order valence-electron chi connectivity index (χ3n) is 5.99. The third kappa shape index (κ3) is 8.05. The number of ether oxygens (including phenoxy) is 2. The van der Waals surface area contributed by atoms with Crippen molar-refractivity contribution in [2.24, 2.45) is 0 Å². The van der Waals surface area contributed by atoms with Crippen molar-refractivity contribution in [3.63, 3.8) is 0 Å². The summed E-state index contributed by atoms with van der Waals surface area (Å²) in [6.45, 7) is -5.08. The van der Waals surface area contributed by atoms with Crippen LogP contribution in [0.3, 0.4) is 0 Å². The summed E-state index contributed by atoms with van der Waals surface area (Å²) < 4.78 is 115. The molecule has 8 nitrogen and oxygen atoms in total. The Labute approximate surface area is 227 Å². The van der Waals surface area contributed by atoms with Gasteiger partial charge in [-0.3, -0.25) is 14.6 Å². The second kappa shape index (κ2) is 12.7. The molecule has 0 spiro atoms. The molecule has 224 valence electrons. The van der Waals surface area contributed by atoms with Gasteiger partial charge in [0.25, 0.3) is 0 Å². The van der Waals surface area contributed by atoms with Crippen molar-refractivity contribution in [3.8, 4) is 11.5 Å². The quantitative estimate of drug-likeness (QED) is 0.264. The number of aliphatic hydroxyl groups is 1. The first-order chi connectivity index (χ1) is 19.1. The number of halogens is 8. The highest BCUT2D eigenvalue weighted by Gasteiger charge is 2.59. The van der Waals surface area contributed by atoms with Crippen LogP contribution in [0.5, 0.6) is 11.5 Å². The first-order valence-electron chi connectivity index (χ1n) is 11.9. The monoisotopic (exact) mass is 597 g/mol. The summed E-state index contributed by atoms with van der Waals surface area (Å²) in [6.07, 6.45) is -11.1. The number of benzene rings is 1. The molecule has 2 amide bonds. The Morgan fingerprint density at radius 3 is 2.27 bits per heavy atom. The van der Waals surface area contributed by atoms with Crippen molar-refractivity contribution in [3.05, 3.63) is 59.4 Å². The molecule has 16 heteroatoms. The summed E-state index contributed by atoms with van der Waals surface area (Å²) in [6, 6.07) is 6.29. The largest absolute Gasteiger partial charge is 0.494 e. The van der Waals surface area contributed by atoms with Crippen molar-refractivity contribution in [2.75, 3.05) is 19.8 Å². The first-order valence-corrected chi connectivity index (χ1v) is 11.9. The van der Waals surface area contributed by atoms with Crippen molar-refractivity contribution >= 4 is 17.4 Å². The Balaban J connectivity index is 1.98. The molecule has 0 aliphatic carbocycles. The summed E-state index contributed by atoms with van der Waals surface area (Å²) in [5.41, 5.74) is -4.28. The smallest absolute Gasteiger partial charge is 0.416 e. The number of carbonyl (C=O) groups is 2. The minimum Gasteiger partial charge on any atom is -0.494 e. The Bertz CT molecular complexity index is 1250. The molecule has 0 bridgehead atoms. The van der Waals surface area contributed by atoms with E-state index >= 15 is 0 Å². The van der Waals surface area contributed by atoms with Crippen molar-refractivity contribution in [2.45, 2.75) is 43.8 Å². The molecule has 0 saturated heterocycles. The molecule has 2 heterocycles. The lowest BCUT2D eigenvalue weighted by Crippen LogP contribution is -2.59. The van der Waals surface area contributed by atoms with Gasteiger partial charge >= 0.3 is 19.0 Å². The molecule has 1 atom stereocenters. The van der Waals surface area contributed by atoms with Crippen LogP contribution >= 0.6 is 0 Å². The van der Waals surface area contributed by atoms with Gasteiger partial charge in [-0.25, -0.2) is 0 Å². The zero-order chi connectivity index (χ0) is 30.4. The third-order valence-corrected chi connectivity index (χ3v) is 5.99. The molecule has 3 N–H and O–H groups in total. The second-order valence-corrected chi connectivity index (χ2v) is 8.78. The van der Waals surface area contributed by atoms with Gasteiger partial charge in [-0.1, -0.05) is 12.1 Å². The van der Waals surface area contributed by atoms with Crippen LogP contribution in [0.4, 0.5) is 35.1 Å². The fraction of sp³-hybridized carbons (Fsp3) is 0.400. The predicted octanol–water partition coefficient (Wildman–Crippen LogP) is 4.24. The highest BCUT2D eigenvalue weighted by atomic mass is 19.4. The van der Waals surface area contributed by atoms with Crippen LogP contribution in [0.25, 0.3) is 5.57 Å². The normalized spacial score (nSPS) is 17.9. The lowest BCUT2D eigenvalue weighted by Gasteiger charge is -2.41. The molecule has 0 fully saturated rings. The van der Waals surface area contributed by atoms with E-state index in [4.69, 9.17) is 9.84 Å². The fourth-order valence-corrected chi connectivity index (χ4v) is 4.04. The van der Waals surface area contributed by atoms with Gasteiger partial charge in [-0.2, -0.15) is 35.1 Å². The number of rotatable bonds is 11. The van der Waals surface area contributed by atoms with Gasteiger partial charge < -0.3 is 25.2 Å². The average Bonchev–Trinajstić information content (AvgIpc) is 2.89. The van der Waals surface area contributed by atoms with Crippen molar-refractivity contribution in [1.82, 2.24) is 15.6 Å². The van der Waals surface area contributed by atoms with Gasteiger partial charge in [0.2, 0.25) is 11.8 Å². The van der Waals surface area contributed by atoms with Crippen LogP contribution in [0.1, 0.15) is 30.5 Å². The average molecular weight is 597 g/mol. The van der Waals surface area contributed by atoms with Crippen LogP contribution in [0.15, 0.2) is 48.2 Å². The highest BCUT2D eigenvalue weighted by molar-refractivity contribution is 6.04. The lowest BCUT2D eigenvalue weighted by atomic mass is 9.77. The first kappa shape index (κ1) is 31.6. The molecule has 0 radical (unpaired) electrons. The lowest BCUT2D eigenvalue weighted by molar-refractivity contribution is -0.201. The molecule has 0 unspecified atom stereocenters. The number of pyridine rings is 1. The molecule has 1 aliphatic rings. The summed E-state index contributed by atoms with van der Waals surface area (Å²) in [7, 11) is 0. The number of amides is 2. The minimum absolute atomic E-state index is 0.00478. The van der Waals surface area contributed by atoms with Gasteiger partial charge in [0.05, 0.1) is 18.5 Å². The standard InChI is InChI=1S/C25H23F8N3O5/c26-22(27)41-16-6-7-19(34-11-16)17-10-23(25(31,32)33,36-21(39)18(17)12-35-20(38)13-37)14-2-4-15(5-3-14)40-9-1-8-24(28,29)30/h2-7,11,22,37H,1,8-10,12-13H2,(H,35,38)(H,36,39)/t23-/m0/s1. The van der Waals surface area contributed by atoms with E-state index in [1.807, 2.05) is 5.32 Å². The van der Waals surface area contributed by atoms with E-state index in [0.29, 0.717) is 0 Å². The number of hydrogen-bond donors (Lipinski definition) is 3. The van der Waals surface area contributed by atoms with E-state index < -0.39 is 73.6 Å². The highest BCUT2D eigenvalue weighted by Crippen LogP contribution is 2.48. The number of carbonyl (C=O) groups excluding carboxylic acids is 2. The maximum Gasteiger partial charge on any atom is 0.416 e. The maximum absolute atomic E-state index is 14.7. The molecule has 1 aromatic carbocycles. The molecule has 3 rings (SSSR count). The SMILES string of the molecule is O=C(CO)NCC1=C(c2ccc(OC(F)F)cn2)C[C@](c2ccc(OCCCC(F)(F)F)cc2)(C(F)(F)F)NC1=O. The van der Waals surface area contributed by atoms with Crippen molar-refractivity contribution < 1.29 is 59.3 Å². The van der Waals surface area contributed by atoms with Gasteiger partial charge in [0.15, 0.2) is 5.54 Å². The zero-order valence-electron chi connectivity index (χ0n) is 20.9. The second-order valence-electron chi connectivity index (χ2n) is 8.78. The van der Waals surface area contributed by atoms with E-state index in [2.05, 4.69) is 15.0 Å². The van der Waals surface area contributed by atoms with Gasteiger partial charge in [-0.15, -0.1) is 0 Å². The Hall–Kier alpha value is -3.95. The Morgan fingerprint density at radius 2 is 1.73 bits per heavy atom. The number of hydrogen-bond acceptors (Lipinski definition) is 6. The van der Waals surface area contributed by atoms with E-state index in [9.17, 15) is 44.7 Å². The van der Waals surface area contributed by atoms with Crippen LogP contribution in [-0.2, 0) is 15.1 Å². The zero-order valence-corrected chi connectivity index (χ0v) is 20.9. The van der Waals surface area contributed by atoms with E-state index in [1.54, 1.807) is 0 Å². The summed E-state index contributed by atoms with van der Waals surface area (Å²) in [5.74, 6) is -2.55. The Morgan fingerprint density at radius 1 is 1.07 bits per heavy atom. The van der Waals surface area contributed by atoms with E-state index in [1.165, 1.54) is 0 Å². The molecule has 41 heavy (non-hydrogen) atoms. The van der Waals surface area contributed by atoms with Crippen LogP contribution in [0.2, 0.25) is 0 Å². The van der Waals surface area contributed by atoms with Crippen molar-refractivity contribution in [1.29, 1.82) is 0 Å². The predicted molar refractivity (Wildman–Crippen MR) is 126 cm³/mol. The molecular weight excluding hydrogens is 574 g/mol. The summed E-state index contributed by atoms with van der Waals surface area (Å²) in [4.78, 5) is 28.5. The van der Waals surface area contributed by atoms with E-state index in [-0.39, 0.29) is 35.6 Å². The fourth-order valence-electron chi connectivity index (χ4n) is 4.04. The summed E-state index contributed by atoms with van der Waals surface area (Å²) >= 11 is 0. The molecule has 1 aliphatic heterocycles. The van der Waals surface area contributed by atoms with E-state index in [0.717, 1.165) is 42.6 Å². The topological polar surface area (TPSA) is 110 Å².